The molecule has 2 aromatic rings. The van der Waals surface area contributed by atoms with Crippen molar-refractivity contribution in [2.75, 3.05) is 13.2 Å². The fourth-order valence-electron chi connectivity index (χ4n) is 2.57. The van der Waals surface area contributed by atoms with Crippen LogP contribution in [0.25, 0.3) is 0 Å². The minimum absolute atomic E-state index is 0.388. The second kappa shape index (κ2) is 6.66. The van der Waals surface area contributed by atoms with Gasteiger partial charge in [0.15, 0.2) is 0 Å². The molecule has 106 valence electrons. The van der Waals surface area contributed by atoms with Crippen molar-refractivity contribution < 1.29 is 9.15 Å². The Bertz CT molecular complexity index is 518. The summed E-state index contributed by atoms with van der Waals surface area (Å²) in [5.74, 6) is 1.95. The zero-order valence-corrected chi connectivity index (χ0v) is 11.6. The van der Waals surface area contributed by atoms with Crippen LogP contribution in [-0.4, -0.2) is 23.4 Å². The third-order valence-corrected chi connectivity index (χ3v) is 3.75. The van der Waals surface area contributed by atoms with Crippen LogP contribution in [0.4, 0.5) is 0 Å². The van der Waals surface area contributed by atoms with Gasteiger partial charge in [-0.25, -0.2) is 0 Å². The molecule has 1 fully saturated rings. The average Bonchev–Trinajstić information content (AvgIpc) is 2.98. The molecule has 0 bridgehead atoms. The summed E-state index contributed by atoms with van der Waals surface area (Å²) in [7, 11) is 0. The highest BCUT2D eigenvalue weighted by atomic mass is 16.5. The molecule has 4 heteroatoms. The molecule has 0 saturated carbocycles. The van der Waals surface area contributed by atoms with Crippen molar-refractivity contribution in [3.63, 3.8) is 0 Å². The molecule has 1 saturated heterocycles. The zero-order valence-electron chi connectivity index (χ0n) is 11.6. The van der Waals surface area contributed by atoms with E-state index in [1.54, 1.807) is 0 Å². The number of rotatable bonds is 5. The smallest absolute Gasteiger partial charge is 0.219 e. The third kappa shape index (κ3) is 3.45. The summed E-state index contributed by atoms with van der Waals surface area (Å²) < 4.78 is 11.1. The Morgan fingerprint density at radius 3 is 2.60 bits per heavy atom. The van der Waals surface area contributed by atoms with E-state index in [4.69, 9.17) is 9.15 Å². The first-order valence-electron chi connectivity index (χ1n) is 7.36. The summed E-state index contributed by atoms with van der Waals surface area (Å²) >= 11 is 0. The van der Waals surface area contributed by atoms with Crippen molar-refractivity contribution in [1.29, 1.82) is 0 Å². The molecule has 0 amide bonds. The van der Waals surface area contributed by atoms with Crippen molar-refractivity contribution in [3.8, 4) is 0 Å². The number of nitrogens with zero attached hydrogens (tertiary/aromatic N) is 2. The lowest BCUT2D eigenvalue weighted by Gasteiger charge is -2.18. The molecular weight excluding hydrogens is 252 g/mol. The van der Waals surface area contributed by atoms with Gasteiger partial charge < -0.3 is 9.15 Å². The van der Waals surface area contributed by atoms with Crippen molar-refractivity contribution in [1.82, 2.24) is 10.2 Å². The lowest BCUT2D eigenvalue weighted by atomic mass is 10.0. The SMILES string of the molecule is c1ccc(CCCc2nnc(C3CCOCC3)o2)cc1. The first-order chi connectivity index (χ1) is 9.92. The Kier molecular flexibility index (Phi) is 4.43. The van der Waals surface area contributed by atoms with E-state index in [9.17, 15) is 0 Å². The molecule has 0 N–H and O–H groups in total. The maximum Gasteiger partial charge on any atom is 0.219 e. The van der Waals surface area contributed by atoms with Crippen LogP contribution in [0.5, 0.6) is 0 Å². The van der Waals surface area contributed by atoms with Crippen molar-refractivity contribution in [3.05, 3.63) is 47.7 Å². The van der Waals surface area contributed by atoms with Crippen molar-refractivity contribution in [2.45, 2.75) is 38.0 Å². The number of aromatic nitrogens is 2. The minimum Gasteiger partial charge on any atom is -0.425 e. The van der Waals surface area contributed by atoms with E-state index in [1.165, 1.54) is 5.56 Å². The summed E-state index contributed by atoms with van der Waals surface area (Å²) in [5.41, 5.74) is 1.36. The predicted molar refractivity (Wildman–Crippen MR) is 75.6 cm³/mol. The lowest BCUT2D eigenvalue weighted by molar-refractivity contribution is 0.0791. The number of aryl methyl sites for hydroxylation is 2. The molecule has 0 atom stereocenters. The van der Waals surface area contributed by atoms with Gasteiger partial charge >= 0.3 is 0 Å². The van der Waals surface area contributed by atoms with E-state index in [-0.39, 0.29) is 0 Å². The van der Waals surface area contributed by atoms with E-state index < -0.39 is 0 Å². The second-order valence-electron chi connectivity index (χ2n) is 5.26. The molecule has 0 spiro atoms. The highest BCUT2D eigenvalue weighted by Crippen LogP contribution is 2.25. The van der Waals surface area contributed by atoms with Crippen molar-refractivity contribution >= 4 is 0 Å². The lowest BCUT2D eigenvalue weighted by Crippen LogP contribution is -2.14. The van der Waals surface area contributed by atoms with Gasteiger partial charge in [0.1, 0.15) is 0 Å². The van der Waals surface area contributed by atoms with Gasteiger partial charge in [0, 0.05) is 25.6 Å². The Labute approximate surface area is 119 Å². The molecule has 3 rings (SSSR count). The zero-order chi connectivity index (χ0) is 13.6. The molecule has 2 heterocycles. The standard InChI is InChI=1S/C16H20N2O2/c1-2-5-13(6-3-1)7-4-8-15-17-18-16(20-15)14-9-11-19-12-10-14/h1-3,5-6,14H,4,7-12H2. The van der Waals surface area contributed by atoms with Gasteiger partial charge in [0.25, 0.3) is 0 Å². The first kappa shape index (κ1) is 13.3. The molecule has 0 aliphatic carbocycles. The minimum atomic E-state index is 0.388. The van der Waals surface area contributed by atoms with Crippen molar-refractivity contribution in [2.24, 2.45) is 0 Å². The topological polar surface area (TPSA) is 48.2 Å². The second-order valence-corrected chi connectivity index (χ2v) is 5.26. The van der Waals surface area contributed by atoms with Crippen LogP contribution in [0.3, 0.4) is 0 Å². The number of benzene rings is 1. The summed E-state index contributed by atoms with van der Waals surface area (Å²) in [4.78, 5) is 0. The predicted octanol–water partition coefficient (Wildman–Crippen LogP) is 3.14. The molecule has 1 aliphatic heterocycles. The molecule has 0 unspecified atom stereocenters. The van der Waals surface area contributed by atoms with Crippen LogP contribution in [-0.2, 0) is 17.6 Å². The van der Waals surface area contributed by atoms with Crippen LogP contribution in [0.15, 0.2) is 34.7 Å². The quantitative estimate of drug-likeness (QED) is 0.839. The maximum absolute atomic E-state index is 5.78. The van der Waals surface area contributed by atoms with E-state index >= 15 is 0 Å². The van der Waals surface area contributed by atoms with E-state index in [2.05, 4.69) is 34.5 Å². The third-order valence-electron chi connectivity index (χ3n) is 3.75. The van der Waals surface area contributed by atoms with Crippen LogP contribution >= 0.6 is 0 Å². The summed E-state index contributed by atoms with van der Waals surface area (Å²) in [6.45, 7) is 1.60. The Morgan fingerprint density at radius 1 is 1.00 bits per heavy atom. The van der Waals surface area contributed by atoms with E-state index in [0.29, 0.717) is 5.92 Å². The largest absolute Gasteiger partial charge is 0.425 e. The number of hydrogen-bond acceptors (Lipinski definition) is 4. The van der Waals surface area contributed by atoms with Crippen LogP contribution in [0.1, 0.15) is 42.5 Å². The van der Waals surface area contributed by atoms with Crippen LogP contribution in [0, 0.1) is 0 Å². The van der Waals surface area contributed by atoms with Gasteiger partial charge in [-0.15, -0.1) is 10.2 Å². The van der Waals surface area contributed by atoms with Gasteiger partial charge in [0.2, 0.25) is 11.8 Å². The maximum atomic E-state index is 5.78. The van der Waals surface area contributed by atoms with E-state index in [1.807, 2.05) is 6.07 Å². The van der Waals surface area contributed by atoms with Gasteiger partial charge in [0.05, 0.1) is 0 Å². The number of hydrogen-bond donors (Lipinski definition) is 0. The molecule has 4 nitrogen and oxygen atoms in total. The average molecular weight is 272 g/mol. The van der Waals surface area contributed by atoms with Gasteiger partial charge in [-0.2, -0.15) is 0 Å². The van der Waals surface area contributed by atoms with E-state index in [0.717, 1.165) is 57.1 Å². The summed E-state index contributed by atoms with van der Waals surface area (Å²) in [6.07, 6.45) is 4.93. The van der Waals surface area contributed by atoms with Gasteiger partial charge in [-0.1, -0.05) is 30.3 Å². The van der Waals surface area contributed by atoms with Gasteiger partial charge in [-0.3, -0.25) is 0 Å². The van der Waals surface area contributed by atoms with Gasteiger partial charge in [-0.05, 0) is 31.2 Å². The molecule has 20 heavy (non-hydrogen) atoms. The fraction of sp³-hybridized carbons (Fsp3) is 0.500. The highest BCUT2D eigenvalue weighted by molar-refractivity contribution is 5.14. The monoisotopic (exact) mass is 272 g/mol. The normalized spacial score (nSPS) is 16.4. The summed E-state index contributed by atoms with van der Waals surface area (Å²) in [5, 5.41) is 8.36. The Morgan fingerprint density at radius 2 is 1.80 bits per heavy atom. The first-order valence-corrected chi connectivity index (χ1v) is 7.36. The molecule has 1 aromatic heterocycles. The van der Waals surface area contributed by atoms with Crippen LogP contribution < -0.4 is 0 Å². The molecule has 0 radical (unpaired) electrons. The summed E-state index contributed by atoms with van der Waals surface area (Å²) in [6, 6.07) is 10.5. The molecule has 1 aliphatic rings. The van der Waals surface area contributed by atoms with Crippen LogP contribution in [0.2, 0.25) is 0 Å². The molecular formula is C16H20N2O2. The number of ether oxygens (including phenoxy) is 1. The fourth-order valence-corrected chi connectivity index (χ4v) is 2.57. The Balaban J connectivity index is 1.50. The highest BCUT2D eigenvalue weighted by Gasteiger charge is 2.21. The molecule has 1 aromatic carbocycles. The Hall–Kier alpha value is -1.68.